The van der Waals surface area contributed by atoms with Crippen molar-refractivity contribution in [1.82, 2.24) is 0 Å². The fourth-order valence-corrected chi connectivity index (χ4v) is 5.07. The maximum atomic E-state index is 6.01. The fourth-order valence-electron chi connectivity index (χ4n) is 2.19. The van der Waals surface area contributed by atoms with Crippen LogP contribution in [0.2, 0.25) is 12.1 Å². The Hall–Kier alpha value is -0.0231. The quantitative estimate of drug-likeness (QED) is 0.273. The molecule has 0 aromatic heterocycles. The van der Waals surface area contributed by atoms with Crippen molar-refractivity contribution in [3.8, 4) is 0 Å². The van der Waals surface area contributed by atoms with Gasteiger partial charge in [-0.05, 0) is 13.8 Å². The van der Waals surface area contributed by atoms with E-state index < -0.39 is 8.56 Å². The molecule has 0 saturated carbocycles. The van der Waals surface area contributed by atoms with Crippen LogP contribution in [-0.2, 0) is 27.8 Å². The molecule has 0 N–H and O–H groups in total. The zero-order chi connectivity index (χ0) is 15.0. The monoisotopic (exact) mass is 320 g/mol. The van der Waals surface area contributed by atoms with E-state index >= 15 is 0 Å². The Morgan fingerprint density at radius 2 is 1.29 bits per heavy atom. The first-order chi connectivity index (χ1) is 10.3. The van der Waals surface area contributed by atoms with Crippen LogP contribution in [-0.4, -0.2) is 73.6 Å². The average molecular weight is 320 g/mol. The Labute approximate surface area is 128 Å². The third kappa shape index (κ3) is 7.18. The lowest BCUT2D eigenvalue weighted by Gasteiger charge is -2.30. The highest BCUT2D eigenvalue weighted by atomic mass is 28.4. The van der Waals surface area contributed by atoms with Crippen LogP contribution >= 0.6 is 0 Å². The van der Waals surface area contributed by atoms with E-state index in [1.54, 1.807) is 0 Å². The number of hydrogen-bond acceptors (Lipinski definition) is 6. The molecule has 2 unspecified atom stereocenters. The highest BCUT2D eigenvalue weighted by molar-refractivity contribution is 6.67. The molecule has 0 amide bonds. The van der Waals surface area contributed by atoms with Crippen LogP contribution in [0.5, 0.6) is 0 Å². The topological polar surface area (TPSA) is 62.0 Å². The predicted octanol–water partition coefficient (Wildman–Crippen LogP) is 1.33. The zero-order valence-corrected chi connectivity index (χ0v) is 14.2. The summed E-state index contributed by atoms with van der Waals surface area (Å²) in [6.07, 6.45) is 0.615. The second kappa shape index (κ2) is 9.19. The molecular weight excluding hydrogens is 292 g/mol. The molecule has 2 rings (SSSR count). The largest absolute Gasteiger partial charge is 0.394 e. The molecule has 2 heterocycles. The Kier molecular flexibility index (Phi) is 7.59. The number of hydrogen-bond donors (Lipinski definition) is 0. The van der Waals surface area contributed by atoms with Gasteiger partial charge in [0.25, 0.3) is 0 Å². The summed E-state index contributed by atoms with van der Waals surface area (Å²) in [6, 6.07) is 1.68. The molecule has 0 aromatic carbocycles. The molecule has 21 heavy (non-hydrogen) atoms. The van der Waals surface area contributed by atoms with Crippen molar-refractivity contribution in [2.45, 2.75) is 38.1 Å². The molecule has 6 nitrogen and oxygen atoms in total. The summed E-state index contributed by atoms with van der Waals surface area (Å²) in [7, 11) is -2.23. The highest BCUT2D eigenvalue weighted by Gasteiger charge is 2.37. The summed E-state index contributed by atoms with van der Waals surface area (Å²) in [5.74, 6) is 0. The van der Waals surface area contributed by atoms with E-state index in [-0.39, 0.29) is 0 Å². The van der Waals surface area contributed by atoms with E-state index in [0.29, 0.717) is 51.8 Å². The number of rotatable bonds is 14. The minimum Gasteiger partial charge on any atom is -0.394 e. The van der Waals surface area contributed by atoms with Crippen LogP contribution in [0.15, 0.2) is 0 Å². The number of ether oxygens (including phenoxy) is 4. The third-order valence-corrected chi connectivity index (χ3v) is 7.04. The summed E-state index contributed by atoms with van der Waals surface area (Å²) in [5, 5.41) is 0. The second-order valence-corrected chi connectivity index (χ2v) is 8.74. The van der Waals surface area contributed by atoms with Gasteiger partial charge < -0.3 is 27.8 Å². The van der Waals surface area contributed by atoms with Crippen molar-refractivity contribution >= 4 is 8.56 Å². The van der Waals surface area contributed by atoms with E-state index in [2.05, 4.69) is 0 Å². The zero-order valence-electron chi connectivity index (χ0n) is 13.2. The maximum absolute atomic E-state index is 6.01. The molecule has 124 valence electrons. The molecule has 0 aliphatic carbocycles. The highest BCUT2D eigenvalue weighted by Crippen LogP contribution is 2.21. The molecule has 2 aliphatic heterocycles. The normalized spacial score (nSPS) is 24.3. The fraction of sp³-hybridized carbons (Fsp3) is 1.00. The first-order valence-electron chi connectivity index (χ1n) is 7.94. The Morgan fingerprint density at radius 3 is 1.62 bits per heavy atom. The van der Waals surface area contributed by atoms with Gasteiger partial charge in [0.05, 0.1) is 26.4 Å². The molecular formula is C14H28O6Si. The molecule has 2 atom stereocenters. The molecule has 0 bridgehead atoms. The Bertz CT molecular complexity index is 255. The summed E-state index contributed by atoms with van der Waals surface area (Å²) >= 11 is 0. The molecule has 0 aromatic rings. The van der Waals surface area contributed by atoms with Gasteiger partial charge in [0, 0.05) is 38.5 Å². The summed E-state index contributed by atoms with van der Waals surface area (Å²) < 4.78 is 33.6. The van der Waals surface area contributed by atoms with Crippen LogP contribution in [0.25, 0.3) is 0 Å². The molecule has 2 aliphatic rings. The van der Waals surface area contributed by atoms with Gasteiger partial charge in [0.15, 0.2) is 0 Å². The van der Waals surface area contributed by atoms with Crippen molar-refractivity contribution < 1.29 is 27.8 Å². The Morgan fingerprint density at radius 1 is 0.857 bits per heavy atom. The summed E-state index contributed by atoms with van der Waals surface area (Å²) in [5.41, 5.74) is 0. The van der Waals surface area contributed by atoms with Gasteiger partial charge in [-0.1, -0.05) is 0 Å². The molecule has 2 saturated heterocycles. The van der Waals surface area contributed by atoms with Gasteiger partial charge in [-0.25, -0.2) is 0 Å². The van der Waals surface area contributed by atoms with Crippen molar-refractivity contribution in [2.75, 3.05) is 52.9 Å². The van der Waals surface area contributed by atoms with Crippen molar-refractivity contribution in [2.24, 2.45) is 0 Å². The van der Waals surface area contributed by atoms with Crippen LogP contribution in [0.4, 0.5) is 0 Å². The van der Waals surface area contributed by atoms with Crippen LogP contribution in [0.3, 0.4) is 0 Å². The molecule has 0 radical (unpaired) electrons. The smallest absolute Gasteiger partial charge is 0.342 e. The van der Waals surface area contributed by atoms with Gasteiger partial charge >= 0.3 is 8.56 Å². The van der Waals surface area contributed by atoms with Gasteiger partial charge in [0.2, 0.25) is 0 Å². The van der Waals surface area contributed by atoms with Crippen LogP contribution < -0.4 is 0 Å². The standard InChI is InChI=1S/C14H28O6Si/c1-3-19-21(20-4-2,7-5-15-9-13-11-17-13)8-6-16-10-14-12-18-14/h13-14H,3-12H2,1-2H3. The lowest BCUT2D eigenvalue weighted by atomic mass is 10.5. The molecule has 0 spiro atoms. The van der Waals surface area contributed by atoms with E-state index in [4.69, 9.17) is 27.8 Å². The molecule has 2 fully saturated rings. The van der Waals surface area contributed by atoms with E-state index in [9.17, 15) is 0 Å². The molecule has 7 heteroatoms. The van der Waals surface area contributed by atoms with Crippen molar-refractivity contribution in [3.05, 3.63) is 0 Å². The SMILES string of the molecule is CCO[Si](CCOCC1CO1)(CCOCC1CO1)OCC. The van der Waals surface area contributed by atoms with Crippen molar-refractivity contribution in [1.29, 1.82) is 0 Å². The van der Waals surface area contributed by atoms with E-state index in [1.165, 1.54) is 0 Å². The first kappa shape index (κ1) is 17.3. The number of epoxide rings is 2. The lowest BCUT2D eigenvalue weighted by Crippen LogP contribution is -2.44. The van der Waals surface area contributed by atoms with E-state index in [0.717, 1.165) is 25.3 Å². The van der Waals surface area contributed by atoms with Crippen LogP contribution in [0, 0.1) is 0 Å². The van der Waals surface area contributed by atoms with Gasteiger partial charge in [-0.2, -0.15) is 0 Å². The van der Waals surface area contributed by atoms with Gasteiger partial charge in [0.1, 0.15) is 12.2 Å². The average Bonchev–Trinajstić information content (AvgIpc) is 3.36. The van der Waals surface area contributed by atoms with E-state index in [1.807, 2.05) is 13.8 Å². The first-order valence-corrected chi connectivity index (χ1v) is 10.2. The van der Waals surface area contributed by atoms with Gasteiger partial charge in [-0.3, -0.25) is 0 Å². The van der Waals surface area contributed by atoms with Crippen LogP contribution in [0.1, 0.15) is 13.8 Å². The summed E-state index contributed by atoms with van der Waals surface area (Å²) in [6.45, 7) is 9.71. The van der Waals surface area contributed by atoms with Crippen molar-refractivity contribution in [3.63, 3.8) is 0 Å². The van der Waals surface area contributed by atoms with Gasteiger partial charge in [-0.15, -0.1) is 0 Å². The Balaban J connectivity index is 1.68. The second-order valence-electron chi connectivity index (χ2n) is 5.34. The maximum Gasteiger partial charge on any atom is 0.342 e. The minimum atomic E-state index is -2.23. The predicted molar refractivity (Wildman–Crippen MR) is 79.7 cm³/mol. The lowest BCUT2D eigenvalue weighted by molar-refractivity contribution is 0.0994. The minimum absolute atomic E-state index is 0.308. The third-order valence-electron chi connectivity index (χ3n) is 3.48. The summed E-state index contributed by atoms with van der Waals surface area (Å²) in [4.78, 5) is 0.